The fraction of sp³-hybridized carbons (Fsp3) is 0.611. The molecule has 1 amide bonds. The van der Waals surface area contributed by atoms with Crippen LogP contribution in [0, 0.1) is 16.7 Å². The number of carbonyl (C=O) groups is 1. The Hall–Kier alpha value is -2.12. The van der Waals surface area contributed by atoms with Gasteiger partial charge in [-0.3, -0.25) is 9.59 Å². The van der Waals surface area contributed by atoms with E-state index in [1.54, 1.807) is 0 Å². The first-order valence-electron chi connectivity index (χ1n) is 8.59. The highest BCUT2D eigenvalue weighted by Gasteiger charge is 2.60. The Morgan fingerprint density at radius 3 is 2.58 bits per heavy atom. The molecule has 2 unspecified atom stereocenters. The van der Waals surface area contributed by atoms with Gasteiger partial charge in [-0.05, 0) is 36.7 Å². The summed E-state index contributed by atoms with van der Waals surface area (Å²) >= 11 is 0. The zero-order chi connectivity index (χ0) is 19.3. The molecule has 2 fully saturated rings. The van der Waals surface area contributed by atoms with Crippen molar-refractivity contribution in [2.75, 3.05) is 0 Å². The minimum Gasteiger partial charge on any atom is -0.305 e. The number of nitrogens with zero attached hydrogens (tertiary/aromatic N) is 2. The molecule has 0 aromatic carbocycles. The van der Waals surface area contributed by atoms with Crippen LogP contribution in [0.5, 0.6) is 0 Å². The fourth-order valence-corrected chi connectivity index (χ4v) is 4.24. The van der Waals surface area contributed by atoms with E-state index in [0.717, 1.165) is 35.6 Å². The number of amides is 1. The normalized spacial score (nSPS) is 28.5. The largest absolute Gasteiger partial charge is 0.417 e. The average Bonchev–Trinajstić information content (AvgIpc) is 2.87. The van der Waals surface area contributed by atoms with E-state index in [-0.39, 0.29) is 10.8 Å². The predicted octanol–water partition coefficient (Wildman–Crippen LogP) is 3.19. The van der Waals surface area contributed by atoms with E-state index in [9.17, 15) is 22.8 Å². The van der Waals surface area contributed by atoms with E-state index in [1.165, 1.54) is 0 Å². The Balaban J connectivity index is 1.72. The number of nitrogens with one attached hydrogen (secondary N) is 1. The number of alkyl halides is 3. The lowest BCUT2D eigenvalue weighted by Crippen LogP contribution is -2.35. The molecule has 1 aromatic heterocycles. The van der Waals surface area contributed by atoms with E-state index in [1.807, 2.05) is 0 Å². The van der Waals surface area contributed by atoms with E-state index in [4.69, 9.17) is 0 Å². The maximum absolute atomic E-state index is 12.8. The van der Waals surface area contributed by atoms with Gasteiger partial charge in [0.15, 0.2) is 0 Å². The van der Waals surface area contributed by atoms with Gasteiger partial charge in [-0.1, -0.05) is 20.8 Å². The predicted molar refractivity (Wildman–Crippen MR) is 90.5 cm³/mol. The van der Waals surface area contributed by atoms with Crippen molar-refractivity contribution in [2.24, 2.45) is 21.8 Å². The first-order valence-corrected chi connectivity index (χ1v) is 8.59. The molecule has 1 aromatic rings. The molecule has 2 aliphatic carbocycles. The lowest BCUT2D eigenvalue weighted by Gasteiger charge is -2.34. The Kier molecular flexibility index (Phi) is 4.28. The first kappa shape index (κ1) is 18.7. The zero-order valence-corrected chi connectivity index (χ0v) is 15.0. The summed E-state index contributed by atoms with van der Waals surface area (Å²) < 4.78 is 39.0. The maximum Gasteiger partial charge on any atom is 0.417 e. The van der Waals surface area contributed by atoms with Crippen LogP contribution in [0.4, 0.5) is 13.2 Å². The summed E-state index contributed by atoms with van der Waals surface area (Å²) in [5.41, 5.74) is 1.71. The van der Waals surface area contributed by atoms with Crippen LogP contribution in [0.25, 0.3) is 0 Å². The lowest BCUT2D eigenvalue weighted by molar-refractivity contribution is -0.138. The Bertz CT molecular complexity index is 826. The van der Waals surface area contributed by atoms with Crippen molar-refractivity contribution in [2.45, 2.75) is 52.8 Å². The van der Waals surface area contributed by atoms with Gasteiger partial charge in [-0.25, -0.2) is 5.43 Å². The van der Waals surface area contributed by atoms with Crippen LogP contribution in [0.2, 0.25) is 0 Å². The van der Waals surface area contributed by atoms with Crippen LogP contribution in [0.3, 0.4) is 0 Å². The second-order valence-corrected chi connectivity index (χ2v) is 7.97. The van der Waals surface area contributed by atoms with Gasteiger partial charge in [0, 0.05) is 23.4 Å². The van der Waals surface area contributed by atoms with E-state index in [0.29, 0.717) is 18.2 Å². The number of hydrogen-bond acceptors (Lipinski definition) is 3. The molecule has 26 heavy (non-hydrogen) atoms. The number of rotatable bonds is 3. The van der Waals surface area contributed by atoms with Crippen molar-refractivity contribution in [3.8, 4) is 0 Å². The van der Waals surface area contributed by atoms with Gasteiger partial charge in [0.1, 0.15) is 6.54 Å². The monoisotopic (exact) mass is 369 g/mol. The Morgan fingerprint density at radius 2 is 2.04 bits per heavy atom. The highest BCUT2D eigenvalue weighted by atomic mass is 19.4. The minimum absolute atomic E-state index is 0.0853. The van der Waals surface area contributed by atoms with Crippen LogP contribution >= 0.6 is 0 Å². The highest BCUT2D eigenvalue weighted by Crippen LogP contribution is 2.63. The van der Waals surface area contributed by atoms with Crippen molar-refractivity contribution in [1.29, 1.82) is 0 Å². The van der Waals surface area contributed by atoms with Crippen molar-refractivity contribution in [1.82, 2.24) is 9.99 Å². The van der Waals surface area contributed by atoms with Gasteiger partial charge in [0.25, 0.3) is 11.5 Å². The van der Waals surface area contributed by atoms with Crippen LogP contribution in [-0.4, -0.2) is 16.2 Å². The molecule has 2 bridgehead atoms. The van der Waals surface area contributed by atoms with Crippen LogP contribution in [-0.2, 0) is 17.5 Å². The molecule has 1 heterocycles. The first-order chi connectivity index (χ1) is 11.9. The summed E-state index contributed by atoms with van der Waals surface area (Å²) in [4.78, 5) is 23.8. The number of halogens is 3. The van der Waals surface area contributed by atoms with E-state index in [2.05, 4.69) is 31.3 Å². The second kappa shape index (κ2) is 5.96. The molecule has 2 saturated carbocycles. The molecule has 3 rings (SSSR count). The van der Waals surface area contributed by atoms with Gasteiger partial charge < -0.3 is 4.57 Å². The van der Waals surface area contributed by atoms with Gasteiger partial charge in [0.05, 0.1) is 5.56 Å². The van der Waals surface area contributed by atoms with Crippen LogP contribution < -0.4 is 11.0 Å². The minimum atomic E-state index is -4.57. The standard InChI is InChI=1S/C18H22F3N3O2/c1-16(2)11-6-7-17(16,3)13(8-11)22-23-14(25)10-24-9-12(18(19,20)21)4-5-15(24)26/h4-5,9,11H,6-8,10H2,1-3H3,(H,23,25). The van der Waals surface area contributed by atoms with E-state index >= 15 is 0 Å². The summed E-state index contributed by atoms with van der Waals surface area (Å²) in [6.45, 7) is 6.04. The molecule has 5 nitrogen and oxygen atoms in total. The Labute approximate surface area is 149 Å². The SMILES string of the molecule is CC12CCC(CC1=NNC(=O)Cn1cc(C(F)(F)F)ccc1=O)C2(C)C. The third-order valence-electron chi connectivity index (χ3n) is 6.45. The number of aromatic nitrogens is 1. The molecule has 2 aliphatic rings. The smallest absolute Gasteiger partial charge is 0.305 e. The third-order valence-corrected chi connectivity index (χ3v) is 6.45. The van der Waals surface area contributed by atoms with Crippen LogP contribution in [0.1, 0.15) is 45.6 Å². The number of pyridine rings is 1. The van der Waals surface area contributed by atoms with Crippen LogP contribution in [0.15, 0.2) is 28.2 Å². The second-order valence-electron chi connectivity index (χ2n) is 7.97. The fourth-order valence-electron chi connectivity index (χ4n) is 4.24. The number of carbonyl (C=O) groups excluding carboxylic acids is 1. The molecule has 8 heteroatoms. The van der Waals surface area contributed by atoms with Gasteiger partial charge >= 0.3 is 6.18 Å². The van der Waals surface area contributed by atoms with E-state index < -0.39 is 29.8 Å². The topological polar surface area (TPSA) is 63.5 Å². The Morgan fingerprint density at radius 1 is 1.35 bits per heavy atom. The van der Waals surface area contributed by atoms with Gasteiger partial charge in [0.2, 0.25) is 0 Å². The molecule has 142 valence electrons. The molecule has 0 radical (unpaired) electrons. The number of hydrazone groups is 1. The van der Waals surface area contributed by atoms with Crippen molar-refractivity contribution in [3.63, 3.8) is 0 Å². The van der Waals surface area contributed by atoms with Crippen molar-refractivity contribution < 1.29 is 18.0 Å². The van der Waals surface area contributed by atoms with Gasteiger partial charge in [-0.2, -0.15) is 18.3 Å². The lowest BCUT2D eigenvalue weighted by atomic mass is 9.70. The highest BCUT2D eigenvalue weighted by molar-refractivity contribution is 5.95. The molecule has 0 aliphatic heterocycles. The quantitative estimate of drug-likeness (QED) is 0.832. The molecule has 0 spiro atoms. The summed E-state index contributed by atoms with van der Waals surface area (Å²) in [7, 11) is 0. The maximum atomic E-state index is 12.8. The summed E-state index contributed by atoms with van der Waals surface area (Å²) in [6.07, 6.45) is -0.970. The van der Waals surface area contributed by atoms with Crippen molar-refractivity contribution >= 4 is 11.6 Å². The summed E-state index contributed by atoms with van der Waals surface area (Å²) in [5, 5.41) is 4.25. The molecular weight excluding hydrogens is 347 g/mol. The summed E-state index contributed by atoms with van der Waals surface area (Å²) in [5.74, 6) is -0.0997. The summed E-state index contributed by atoms with van der Waals surface area (Å²) in [6, 6.07) is 1.51. The van der Waals surface area contributed by atoms with Crippen molar-refractivity contribution in [3.05, 3.63) is 34.2 Å². The number of hydrogen-bond donors (Lipinski definition) is 1. The molecule has 0 saturated heterocycles. The third kappa shape index (κ3) is 2.95. The number of fused-ring (bicyclic) bond motifs is 2. The van der Waals surface area contributed by atoms with Gasteiger partial charge in [-0.15, -0.1) is 0 Å². The average molecular weight is 369 g/mol. The molecular formula is C18H22F3N3O2. The zero-order valence-electron chi connectivity index (χ0n) is 15.0. The molecule has 1 N–H and O–H groups in total. The molecule has 2 atom stereocenters.